The first-order chi connectivity index (χ1) is 10.6. The number of nitrogens with one attached hydrogen (secondary N) is 2. The van der Waals surface area contributed by atoms with Crippen molar-refractivity contribution in [1.29, 1.82) is 0 Å². The van der Waals surface area contributed by atoms with E-state index in [0.717, 1.165) is 4.90 Å². The molecule has 114 valence electrons. The van der Waals surface area contributed by atoms with Gasteiger partial charge in [-0.05, 0) is 47.1 Å². The van der Waals surface area contributed by atoms with Crippen LogP contribution in [0, 0.1) is 6.92 Å². The summed E-state index contributed by atoms with van der Waals surface area (Å²) in [5, 5.41) is 0. The number of aryl methyl sites for hydroxylation is 1. The Kier molecular flexibility index (Phi) is 6.03. The molecule has 0 radical (unpaired) electrons. The van der Waals surface area contributed by atoms with E-state index >= 15 is 0 Å². The van der Waals surface area contributed by atoms with Gasteiger partial charge in [-0.25, -0.2) is 0 Å². The molecule has 2 amide bonds. The Labute approximate surface area is 141 Å². The van der Waals surface area contributed by atoms with Crippen molar-refractivity contribution < 1.29 is 9.59 Å². The molecule has 0 aromatic heterocycles. The number of carbonyl (C=O) groups excluding carboxylic acids is 2. The van der Waals surface area contributed by atoms with Crippen LogP contribution in [0.5, 0.6) is 0 Å². The van der Waals surface area contributed by atoms with Crippen LogP contribution in [0.4, 0.5) is 0 Å². The lowest BCUT2D eigenvalue weighted by Gasteiger charge is -2.08. The third kappa shape index (κ3) is 4.89. The lowest BCUT2D eigenvalue weighted by atomic mass is 10.2. The fourth-order valence-corrected chi connectivity index (χ4v) is 2.82. The van der Waals surface area contributed by atoms with E-state index in [4.69, 9.17) is 0 Å². The van der Waals surface area contributed by atoms with E-state index in [9.17, 15) is 9.59 Å². The normalized spacial score (nSPS) is 10.1. The molecule has 0 aliphatic carbocycles. The Bertz CT molecular complexity index is 674. The number of amides is 2. The highest BCUT2D eigenvalue weighted by atomic mass is 79.9. The average Bonchev–Trinajstić information content (AvgIpc) is 2.52. The number of halogens is 1. The molecule has 0 spiro atoms. The molecule has 0 aliphatic heterocycles. The molecule has 2 aromatic rings. The number of hydrazine groups is 1. The largest absolute Gasteiger partial charge is 0.272 e. The topological polar surface area (TPSA) is 58.2 Å². The van der Waals surface area contributed by atoms with Crippen LogP contribution in [0.3, 0.4) is 0 Å². The summed E-state index contributed by atoms with van der Waals surface area (Å²) in [7, 11) is 0. The van der Waals surface area contributed by atoms with Gasteiger partial charge in [0.1, 0.15) is 0 Å². The first-order valence-corrected chi connectivity index (χ1v) is 8.37. The lowest BCUT2D eigenvalue weighted by molar-refractivity contribution is -0.119. The number of thioether (sulfide) groups is 1. The molecule has 6 heteroatoms. The Morgan fingerprint density at radius 1 is 1.05 bits per heavy atom. The van der Waals surface area contributed by atoms with Crippen LogP contribution in [-0.4, -0.2) is 17.6 Å². The second-order valence-corrected chi connectivity index (χ2v) is 6.49. The molecule has 0 saturated heterocycles. The average molecular weight is 379 g/mol. The Morgan fingerprint density at radius 2 is 1.73 bits per heavy atom. The molecule has 2 N–H and O–H groups in total. The molecule has 0 bridgehead atoms. The predicted molar refractivity (Wildman–Crippen MR) is 91.7 cm³/mol. The summed E-state index contributed by atoms with van der Waals surface area (Å²) < 4.78 is 0.677. The first-order valence-electron chi connectivity index (χ1n) is 6.59. The minimum Gasteiger partial charge on any atom is -0.272 e. The SMILES string of the molecule is Cc1ccc(SCC(=O)NNC(=O)c2ccccc2Br)cc1. The van der Waals surface area contributed by atoms with Gasteiger partial charge < -0.3 is 0 Å². The van der Waals surface area contributed by atoms with E-state index in [0.29, 0.717) is 10.0 Å². The summed E-state index contributed by atoms with van der Waals surface area (Å²) in [6.45, 7) is 2.01. The van der Waals surface area contributed by atoms with Crippen LogP contribution < -0.4 is 10.9 Å². The third-order valence-corrected chi connectivity index (χ3v) is 4.53. The smallest absolute Gasteiger partial charge is 0.270 e. The summed E-state index contributed by atoms with van der Waals surface area (Å²) in [4.78, 5) is 24.7. The quantitative estimate of drug-likeness (QED) is 0.633. The van der Waals surface area contributed by atoms with Crippen molar-refractivity contribution in [2.45, 2.75) is 11.8 Å². The van der Waals surface area contributed by atoms with Crippen molar-refractivity contribution in [3.8, 4) is 0 Å². The minimum atomic E-state index is -0.360. The molecular formula is C16H15BrN2O2S. The van der Waals surface area contributed by atoms with E-state index in [2.05, 4.69) is 26.8 Å². The van der Waals surface area contributed by atoms with Gasteiger partial charge in [0.15, 0.2) is 0 Å². The molecule has 0 saturated carbocycles. The third-order valence-electron chi connectivity index (χ3n) is 2.82. The van der Waals surface area contributed by atoms with Gasteiger partial charge in [-0.15, -0.1) is 11.8 Å². The maximum absolute atomic E-state index is 11.9. The van der Waals surface area contributed by atoms with Gasteiger partial charge in [0.05, 0.1) is 11.3 Å². The zero-order chi connectivity index (χ0) is 15.9. The van der Waals surface area contributed by atoms with Gasteiger partial charge in [0.2, 0.25) is 5.91 Å². The predicted octanol–water partition coefficient (Wildman–Crippen LogP) is 3.31. The Balaban J connectivity index is 1.79. The van der Waals surface area contributed by atoms with Crippen LogP contribution in [0.2, 0.25) is 0 Å². The number of hydrogen-bond acceptors (Lipinski definition) is 3. The fraction of sp³-hybridized carbons (Fsp3) is 0.125. The number of benzene rings is 2. The standard InChI is InChI=1S/C16H15BrN2O2S/c1-11-6-8-12(9-7-11)22-10-15(20)18-19-16(21)13-4-2-3-5-14(13)17/h2-9H,10H2,1H3,(H,18,20)(H,19,21). The first kappa shape index (κ1) is 16.6. The summed E-state index contributed by atoms with van der Waals surface area (Å²) in [5.74, 6) is -0.383. The molecule has 2 rings (SSSR count). The Morgan fingerprint density at radius 3 is 2.41 bits per heavy atom. The van der Waals surface area contributed by atoms with E-state index < -0.39 is 0 Å². The maximum atomic E-state index is 11.9. The van der Waals surface area contributed by atoms with Gasteiger partial charge >= 0.3 is 0 Å². The highest BCUT2D eigenvalue weighted by Gasteiger charge is 2.10. The van der Waals surface area contributed by atoms with Crippen molar-refractivity contribution in [1.82, 2.24) is 10.9 Å². The fourth-order valence-electron chi connectivity index (χ4n) is 1.66. The zero-order valence-corrected chi connectivity index (χ0v) is 14.3. The van der Waals surface area contributed by atoms with Crippen molar-refractivity contribution in [2.24, 2.45) is 0 Å². The summed E-state index contributed by atoms with van der Waals surface area (Å²) in [6, 6.07) is 14.9. The molecule has 4 nitrogen and oxygen atoms in total. The molecule has 0 unspecified atom stereocenters. The van der Waals surface area contributed by atoms with Crippen LogP contribution in [-0.2, 0) is 4.79 Å². The number of rotatable bonds is 4. The highest BCUT2D eigenvalue weighted by molar-refractivity contribution is 9.10. The van der Waals surface area contributed by atoms with Crippen LogP contribution >= 0.6 is 27.7 Å². The van der Waals surface area contributed by atoms with E-state index in [1.807, 2.05) is 37.3 Å². The van der Waals surface area contributed by atoms with Gasteiger partial charge in [0.25, 0.3) is 5.91 Å². The molecule has 0 heterocycles. The molecule has 0 atom stereocenters. The van der Waals surface area contributed by atoms with Crippen molar-refractivity contribution in [3.05, 3.63) is 64.1 Å². The summed E-state index contributed by atoms with van der Waals surface area (Å²) >= 11 is 4.71. The van der Waals surface area contributed by atoms with Crippen molar-refractivity contribution >= 4 is 39.5 Å². The molecule has 22 heavy (non-hydrogen) atoms. The van der Waals surface area contributed by atoms with Gasteiger partial charge in [-0.2, -0.15) is 0 Å². The van der Waals surface area contributed by atoms with Gasteiger partial charge in [-0.3, -0.25) is 20.4 Å². The van der Waals surface area contributed by atoms with Crippen LogP contribution in [0.1, 0.15) is 15.9 Å². The second kappa shape index (κ2) is 8.00. The van der Waals surface area contributed by atoms with Gasteiger partial charge in [-0.1, -0.05) is 29.8 Å². The van der Waals surface area contributed by atoms with E-state index in [-0.39, 0.29) is 17.6 Å². The monoisotopic (exact) mass is 378 g/mol. The molecular weight excluding hydrogens is 364 g/mol. The van der Waals surface area contributed by atoms with Gasteiger partial charge in [0, 0.05) is 9.37 Å². The van der Waals surface area contributed by atoms with Crippen LogP contribution in [0.15, 0.2) is 57.9 Å². The van der Waals surface area contributed by atoms with E-state index in [1.165, 1.54) is 17.3 Å². The second-order valence-electron chi connectivity index (χ2n) is 4.58. The van der Waals surface area contributed by atoms with Crippen LogP contribution in [0.25, 0.3) is 0 Å². The summed E-state index contributed by atoms with van der Waals surface area (Å²) in [5.41, 5.74) is 6.45. The number of hydrogen-bond donors (Lipinski definition) is 2. The maximum Gasteiger partial charge on any atom is 0.270 e. The molecule has 0 aliphatic rings. The minimum absolute atomic E-state index is 0.235. The lowest BCUT2D eigenvalue weighted by Crippen LogP contribution is -2.42. The zero-order valence-electron chi connectivity index (χ0n) is 11.9. The number of carbonyl (C=O) groups is 2. The van der Waals surface area contributed by atoms with Crippen molar-refractivity contribution in [3.63, 3.8) is 0 Å². The highest BCUT2D eigenvalue weighted by Crippen LogP contribution is 2.18. The summed E-state index contributed by atoms with van der Waals surface area (Å²) in [6.07, 6.45) is 0. The molecule has 2 aromatic carbocycles. The van der Waals surface area contributed by atoms with E-state index in [1.54, 1.807) is 18.2 Å². The Hall–Kier alpha value is -1.79. The molecule has 0 fully saturated rings. The van der Waals surface area contributed by atoms with Crippen molar-refractivity contribution in [2.75, 3.05) is 5.75 Å².